The standard InChI is InChI=1S/C23H50N6O5/c1-5-18(6-2)28-16-14-26-12-10-24-8-9-25-11-13-27-15-17-29-23(33)22(32)21(31)20(30)19(7-3)34-4/h18-19,21-22,24-28,31-32H,5-17H2,1-4H3,(H,29,33)/t19?,21-,22+/m0/s1. The van der Waals surface area contributed by atoms with Gasteiger partial charge in [-0.25, -0.2) is 0 Å². The van der Waals surface area contributed by atoms with Gasteiger partial charge in [-0.05, 0) is 19.3 Å². The van der Waals surface area contributed by atoms with E-state index in [9.17, 15) is 19.8 Å². The van der Waals surface area contributed by atoms with Crippen LogP contribution in [0.2, 0.25) is 0 Å². The smallest absolute Gasteiger partial charge is 0.252 e. The molecule has 0 bridgehead atoms. The molecule has 0 aromatic carbocycles. The molecule has 0 heterocycles. The molecule has 0 aromatic heterocycles. The second kappa shape index (κ2) is 22.3. The molecule has 0 rings (SSSR count). The predicted octanol–water partition coefficient (Wildman–Crippen LogP) is -2.04. The minimum absolute atomic E-state index is 0.278. The van der Waals surface area contributed by atoms with Crippen LogP contribution in [0.1, 0.15) is 40.0 Å². The first kappa shape index (κ1) is 32.8. The Morgan fingerprint density at radius 2 is 1.12 bits per heavy atom. The van der Waals surface area contributed by atoms with Crippen molar-refractivity contribution in [2.24, 2.45) is 0 Å². The Morgan fingerprint density at radius 3 is 1.53 bits per heavy atom. The van der Waals surface area contributed by atoms with Crippen molar-refractivity contribution in [2.75, 3.05) is 72.6 Å². The molecule has 0 aliphatic rings. The zero-order valence-electron chi connectivity index (χ0n) is 21.6. The lowest BCUT2D eigenvalue weighted by molar-refractivity contribution is -0.150. The molecule has 11 heteroatoms. The number of ether oxygens (including phenoxy) is 1. The van der Waals surface area contributed by atoms with Gasteiger partial charge >= 0.3 is 0 Å². The number of ketones is 1. The van der Waals surface area contributed by atoms with Crippen molar-refractivity contribution in [3.63, 3.8) is 0 Å². The van der Waals surface area contributed by atoms with E-state index in [0.29, 0.717) is 19.0 Å². The average molecular weight is 491 g/mol. The fraction of sp³-hybridized carbons (Fsp3) is 0.913. The third kappa shape index (κ3) is 15.7. The normalized spacial score (nSPS) is 14.2. The average Bonchev–Trinajstić information content (AvgIpc) is 2.85. The van der Waals surface area contributed by atoms with Crippen LogP contribution in [-0.4, -0.2) is 119 Å². The number of aliphatic hydroxyl groups is 2. The first-order valence-corrected chi connectivity index (χ1v) is 12.7. The maximum atomic E-state index is 12.0. The van der Waals surface area contributed by atoms with Crippen molar-refractivity contribution < 1.29 is 24.5 Å². The lowest BCUT2D eigenvalue weighted by Crippen LogP contribution is -2.49. The number of Topliss-reactive ketones (excluding diaryl/α,β-unsaturated/α-hetero) is 1. The van der Waals surface area contributed by atoms with Crippen LogP contribution in [0.25, 0.3) is 0 Å². The molecular formula is C23H50N6O5. The first-order valence-electron chi connectivity index (χ1n) is 12.7. The molecule has 1 unspecified atom stereocenters. The number of hydrogen-bond donors (Lipinski definition) is 8. The second-order valence-corrected chi connectivity index (χ2v) is 8.18. The highest BCUT2D eigenvalue weighted by molar-refractivity contribution is 5.94. The van der Waals surface area contributed by atoms with Crippen LogP contribution in [0.3, 0.4) is 0 Å². The third-order valence-corrected chi connectivity index (χ3v) is 5.59. The van der Waals surface area contributed by atoms with Crippen molar-refractivity contribution in [3.8, 4) is 0 Å². The monoisotopic (exact) mass is 490 g/mol. The van der Waals surface area contributed by atoms with E-state index >= 15 is 0 Å². The number of carbonyl (C=O) groups is 2. The van der Waals surface area contributed by atoms with Gasteiger partial charge in [0.2, 0.25) is 0 Å². The molecule has 0 aromatic rings. The molecule has 0 aliphatic carbocycles. The third-order valence-electron chi connectivity index (χ3n) is 5.59. The van der Waals surface area contributed by atoms with Crippen molar-refractivity contribution in [2.45, 2.75) is 64.4 Å². The minimum Gasteiger partial charge on any atom is -0.382 e. The molecule has 0 saturated carbocycles. The van der Waals surface area contributed by atoms with Gasteiger partial charge in [0.15, 0.2) is 11.9 Å². The summed E-state index contributed by atoms with van der Waals surface area (Å²) in [5.41, 5.74) is 0. The van der Waals surface area contributed by atoms with Crippen LogP contribution in [-0.2, 0) is 14.3 Å². The molecule has 0 radical (unpaired) electrons. The van der Waals surface area contributed by atoms with Crippen LogP contribution in [0, 0.1) is 0 Å². The van der Waals surface area contributed by atoms with E-state index in [4.69, 9.17) is 4.74 Å². The molecule has 0 aliphatic heterocycles. The molecule has 0 spiro atoms. The molecule has 11 nitrogen and oxygen atoms in total. The fourth-order valence-corrected chi connectivity index (χ4v) is 3.32. The van der Waals surface area contributed by atoms with Crippen molar-refractivity contribution in [1.29, 1.82) is 0 Å². The van der Waals surface area contributed by atoms with Crippen LogP contribution >= 0.6 is 0 Å². The van der Waals surface area contributed by atoms with Gasteiger partial charge < -0.3 is 46.9 Å². The SMILES string of the molecule is CCC(CC)NCCNCCNCCNCCNCCNC(=O)[C@H](O)[C@@H](O)C(=O)C(CC)OC. The van der Waals surface area contributed by atoms with E-state index in [1.807, 2.05) is 0 Å². The Kier molecular flexibility index (Phi) is 21.5. The summed E-state index contributed by atoms with van der Waals surface area (Å²) in [5, 5.41) is 39.1. The van der Waals surface area contributed by atoms with Gasteiger partial charge in [0.25, 0.3) is 5.91 Å². The lowest BCUT2D eigenvalue weighted by Gasteiger charge is -2.20. The molecule has 0 saturated heterocycles. The van der Waals surface area contributed by atoms with E-state index in [-0.39, 0.29) is 6.54 Å². The van der Waals surface area contributed by atoms with Crippen molar-refractivity contribution >= 4 is 11.7 Å². The Balaban J connectivity index is 3.53. The van der Waals surface area contributed by atoms with Crippen LogP contribution in [0.4, 0.5) is 0 Å². The summed E-state index contributed by atoms with van der Waals surface area (Å²) in [7, 11) is 1.34. The zero-order valence-corrected chi connectivity index (χ0v) is 21.6. The number of hydrogen-bond acceptors (Lipinski definition) is 10. The molecule has 1 amide bonds. The van der Waals surface area contributed by atoms with Crippen molar-refractivity contribution in [1.82, 2.24) is 31.9 Å². The van der Waals surface area contributed by atoms with Gasteiger partial charge in [0.1, 0.15) is 12.2 Å². The lowest BCUT2D eigenvalue weighted by atomic mass is 10.0. The highest BCUT2D eigenvalue weighted by Gasteiger charge is 2.33. The Labute approximate surface area is 205 Å². The van der Waals surface area contributed by atoms with Crippen LogP contribution in [0.15, 0.2) is 0 Å². The minimum atomic E-state index is -1.81. The van der Waals surface area contributed by atoms with E-state index in [1.54, 1.807) is 6.92 Å². The summed E-state index contributed by atoms with van der Waals surface area (Å²) in [5.74, 6) is -1.48. The van der Waals surface area contributed by atoms with E-state index < -0.39 is 30.0 Å². The molecular weight excluding hydrogens is 440 g/mol. The maximum Gasteiger partial charge on any atom is 0.252 e. The van der Waals surface area contributed by atoms with Crippen LogP contribution < -0.4 is 31.9 Å². The van der Waals surface area contributed by atoms with Gasteiger partial charge in [-0.1, -0.05) is 20.8 Å². The number of amides is 1. The summed E-state index contributed by atoms with van der Waals surface area (Å²) in [4.78, 5) is 23.9. The van der Waals surface area contributed by atoms with Gasteiger partial charge in [-0.2, -0.15) is 0 Å². The first-order chi connectivity index (χ1) is 16.4. The molecule has 34 heavy (non-hydrogen) atoms. The largest absolute Gasteiger partial charge is 0.382 e. The van der Waals surface area contributed by atoms with E-state index in [0.717, 1.165) is 52.4 Å². The molecule has 8 N–H and O–H groups in total. The van der Waals surface area contributed by atoms with Gasteiger partial charge in [0.05, 0.1) is 0 Å². The summed E-state index contributed by atoms with van der Waals surface area (Å²) < 4.78 is 4.94. The second-order valence-electron chi connectivity index (χ2n) is 8.18. The predicted molar refractivity (Wildman–Crippen MR) is 135 cm³/mol. The number of carbonyl (C=O) groups excluding carboxylic acids is 2. The highest BCUT2D eigenvalue weighted by atomic mass is 16.5. The Bertz CT molecular complexity index is 506. The number of methoxy groups -OCH3 is 1. The Morgan fingerprint density at radius 1 is 0.676 bits per heavy atom. The number of rotatable bonds is 24. The van der Waals surface area contributed by atoms with E-state index in [1.165, 1.54) is 20.0 Å². The topological polar surface area (TPSA) is 156 Å². The summed E-state index contributed by atoms with van der Waals surface area (Å²) in [6.45, 7) is 14.1. The molecule has 202 valence electrons. The van der Waals surface area contributed by atoms with E-state index in [2.05, 4.69) is 45.7 Å². The number of aliphatic hydroxyl groups excluding tert-OH is 2. The summed E-state index contributed by atoms with van der Waals surface area (Å²) in [6, 6.07) is 0.623. The highest BCUT2D eigenvalue weighted by Crippen LogP contribution is 2.05. The van der Waals surface area contributed by atoms with Crippen LogP contribution in [0.5, 0.6) is 0 Å². The zero-order chi connectivity index (χ0) is 25.6. The molecule has 3 atom stereocenters. The summed E-state index contributed by atoms with van der Waals surface area (Å²) in [6.07, 6.45) is -1.77. The summed E-state index contributed by atoms with van der Waals surface area (Å²) >= 11 is 0. The van der Waals surface area contributed by atoms with Gasteiger partial charge in [-0.3, -0.25) is 9.59 Å². The maximum absolute atomic E-state index is 12.0. The molecule has 0 fully saturated rings. The van der Waals surface area contributed by atoms with Gasteiger partial charge in [-0.15, -0.1) is 0 Å². The van der Waals surface area contributed by atoms with Crippen molar-refractivity contribution in [3.05, 3.63) is 0 Å². The number of nitrogens with one attached hydrogen (secondary N) is 6. The quantitative estimate of drug-likeness (QED) is 0.0709. The fourth-order valence-electron chi connectivity index (χ4n) is 3.32. The Hall–Kier alpha value is -1.18. The van der Waals surface area contributed by atoms with Gasteiger partial charge in [0, 0.05) is 78.6 Å².